The standard InChI is InChI=1S/C60H43N3.Pt/c1-42-40-61-58(38-56(42)47-26-14-6-15-27-47)51-32-49(44-20-8-3-9-21-44)34-53(36-51)63(60-31-19-18-30-55(60)46-24-12-5-13-25-46)54-35-50(45-22-10-4-11-23-45)33-52(37-54)59-39-57(43(2)41-62-59)48-28-16-7-17-29-48;/h3-35,38-41H,1-2H3;/q-2;+2. The van der Waals surface area contributed by atoms with Gasteiger partial charge in [0.25, 0.3) is 0 Å². The Balaban J connectivity index is 0.00000518. The van der Waals surface area contributed by atoms with Gasteiger partial charge in [0.2, 0.25) is 0 Å². The van der Waals surface area contributed by atoms with Gasteiger partial charge in [0.1, 0.15) is 0 Å². The summed E-state index contributed by atoms with van der Waals surface area (Å²) in [5, 5.41) is 0. The van der Waals surface area contributed by atoms with Gasteiger partial charge in [0.05, 0.1) is 5.69 Å². The van der Waals surface area contributed by atoms with Crippen LogP contribution in [0, 0.1) is 26.0 Å². The van der Waals surface area contributed by atoms with Crippen molar-refractivity contribution < 1.29 is 21.1 Å². The van der Waals surface area contributed by atoms with Crippen molar-refractivity contribution in [3.63, 3.8) is 0 Å². The van der Waals surface area contributed by atoms with E-state index in [-0.39, 0.29) is 21.1 Å². The molecular weight excluding hydrogens is 958 g/mol. The molecule has 0 bridgehead atoms. The second-order valence-electron chi connectivity index (χ2n) is 15.8. The van der Waals surface area contributed by atoms with Gasteiger partial charge in [-0.1, -0.05) is 193 Å². The normalized spacial score (nSPS) is 10.8. The molecule has 10 rings (SSSR count). The fourth-order valence-corrected chi connectivity index (χ4v) is 8.34. The molecule has 0 aliphatic heterocycles. The topological polar surface area (TPSA) is 29.0 Å². The molecule has 0 atom stereocenters. The van der Waals surface area contributed by atoms with Crippen LogP contribution >= 0.6 is 0 Å². The Labute approximate surface area is 390 Å². The van der Waals surface area contributed by atoms with E-state index in [0.29, 0.717) is 0 Å². The predicted molar refractivity (Wildman–Crippen MR) is 262 cm³/mol. The number of hydrogen-bond donors (Lipinski definition) is 0. The van der Waals surface area contributed by atoms with Crippen LogP contribution in [-0.2, 0) is 21.1 Å². The second-order valence-corrected chi connectivity index (χ2v) is 15.8. The molecule has 10 aromatic rings. The molecule has 0 aliphatic carbocycles. The Hall–Kier alpha value is -7.45. The van der Waals surface area contributed by atoms with Crippen molar-refractivity contribution in [2.24, 2.45) is 0 Å². The van der Waals surface area contributed by atoms with E-state index in [4.69, 9.17) is 9.97 Å². The van der Waals surface area contributed by atoms with Crippen molar-refractivity contribution in [3.8, 4) is 78.1 Å². The van der Waals surface area contributed by atoms with E-state index < -0.39 is 0 Å². The van der Waals surface area contributed by atoms with Crippen molar-refractivity contribution in [3.05, 3.63) is 248 Å². The molecule has 0 fully saturated rings. The average molecular weight is 1000 g/mol. The van der Waals surface area contributed by atoms with Crippen molar-refractivity contribution in [2.45, 2.75) is 13.8 Å². The molecule has 0 amide bonds. The smallest absolute Gasteiger partial charge is 0.346 e. The van der Waals surface area contributed by atoms with Crippen LogP contribution in [0.5, 0.6) is 0 Å². The van der Waals surface area contributed by atoms with E-state index in [9.17, 15) is 0 Å². The van der Waals surface area contributed by atoms with Crippen LogP contribution in [0.1, 0.15) is 11.1 Å². The van der Waals surface area contributed by atoms with Crippen LogP contribution < -0.4 is 4.90 Å². The molecule has 0 saturated heterocycles. The summed E-state index contributed by atoms with van der Waals surface area (Å²) in [6, 6.07) is 82.6. The van der Waals surface area contributed by atoms with Crippen LogP contribution in [0.3, 0.4) is 0 Å². The Morgan fingerprint density at radius 3 is 1.09 bits per heavy atom. The maximum Gasteiger partial charge on any atom is 2.00 e. The van der Waals surface area contributed by atoms with E-state index in [2.05, 4.69) is 243 Å². The minimum atomic E-state index is 0. The van der Waals surface area contributed by atoms with Crippen LogP contribution in [0.15, 0.2) is 225 Å². The molecule has 0 aliphatic rings. The van der Waals surface area contributed by atoms with Crippen molar-refractivity contribution >= 4 is 17.1 Å². The maximum atomic E-state index is 5.06. The van der Waals surface area contributed by atoms with Crippen molar-refractivity contribution in [1.29, 1.82) is 0 Å². The van der Waals surface area contributed by atoms with Gasteiger partial charge in [0, 0.05) is 18.0 Å². The molecule has 2 aromatic heterocycles. The van der Waals surface area contributed by atoms with Gasteiger partial charge in [-0.25, -0.2) is 0 Å². The molecular formula is C60H43N3Pt. The van der Waals surface area contributed by atoms with E-state index in [0.717, 1.165) is 106 Å². The number of pyridine rings is 2. The Morgan fingerprint density at radius 1 is 0.344 bits per heavy atom. The van der Waals surface area contributed by atoms with Gasteiger partial charge in [-0.05, 0) is 92.7 Å². The summed E-state index contributed by atoms with van der Waals surface area (Å²) < 4.78 is 0. The summed E-state index contributed by atoms with van der Waals surface area (Å²) in [6.07, 6.45) is 3.95. The Bertz CT molecular complexity index is 3000. The van der Waals surface area contributed by atoms with Crippen molar-refractivity contribution in [2.75, 3.05) is 4.90 Å². The summed E-state index contributed by atoms with van der Waals surface area (Å²) in [6.45, 7) is 4.24. The number of anilines is 3. The Morgan fingerprint density at radius 2 is 0.688 bits per heavy atom. The molecule has 4 heteroatoms. The third-order valence-corrected chi connectivity index (χ3v) is 11.6. The van der Waals surface area contributed by atoms with Gasteiger partial charge in [-0.3, -0.25) is 0 Å². The first-order valence-electron chi connectivity index (χ1n) is 21.3. The Kier molecular flexibility index (Phi) is 12.4. The number of rotatable bonds is 10. The zero-order valence-electron chi connectivity index (χ0n) is 35.5. The third-order valence-electron chi connectivity index (χ3n) is 11.6. The summed E-state index contributed by atoms with van der Waals surface area (Å²) in [5.74, 6) is 0. The summed E-state index contributed by atoms with van der Waals surface area (Å²) in [7, 11) is 0. The fourth-order valence-electron chi connectivity index (χ4n) is 8.34. The van der Waals surface area contributed by atoms with Gasteiger partial charge in [0.15, 0.2) is 0 Å². The molecule has 0 saturated carbocycles. The van der Waals surface area contributed by atoms with Crippen LogP contribution in [0.25, 0.3) is 78.1 Å². The first kappa shape index (κ1) is 41.9. The molecule has 3 nitrogen and oxygen atoms in total. The number of para-hydroxylation sites is 1. The molecule has 64 heavy (non-hydrogen) atoms. The number of hydrogen-bond acceptors (Lipinski definition) is 3. The van der Waals surface area contributed by atoms with Crippen LogP contribution in [-0.4, -0.2) is 9.97 Å². The van der Waals surface area contributed by atoms with Crippen LogP contribution in [0.2, 0.25) is 0 Å². The number of aryl methyl sites for hydroxylation is 2. The number of aromatic nitrogens is 2. The molecule has 0 radical (unpaired) electrons. The molecule has 0 spiro atoms. The molecule has 308 valence electrons. The molecule has 8 aromatic carbocycles. The van der Waals surface area contributed by atoms with Gasteiger partial charge in [-0.2, -0.15) is 0 Å². The monoisotopic (exact) mass is 1000 g/mol. The number of benzene rings is 8. The largest absolute Gasteiger partial charge is 2.00 e. The third kappa shape index (κ3) is 8.77. The molecule has 2 heterocycles. The first-order valence-corrected chi connectivity index (χ1v) is 21.3. The fraction of sp³-hybridized carbons (Fsp3) is 0.0333. The molecule has 0 N–H and O–H groups in total. The van der Waals surface area contributed by atoms with Crippen molar-refractivity contribution in [1.82, 2.24) is 9.97 Å². The molecule has 0 unspecified atom stereocenters. The quantitative estimate of drug-likeness (QED) is 0.128. The minimum absolute atomic E-state index is 0. The van der Waals surface area contributed by atoms with E-state index in [1.165, 1.54) is 0 Å². The van der Waals surface area contributed by atoms with Crippen LogP contribution in [0.4, 0.5) is 17.1 Å². The zero-order chi connectivity index (χ0) is 42.5. The summed E-state index contributed by atoms with van der Waals surface area (Å²) in [4.78, 5) is 12.4. The second kappa shape index (κ2) is 18.9. The van der Waals surface area contributed by atoms with Gasteiger partial charge < -0.3 is 14.9 Å². The first-order chi connectivity index (χ1) is 31.1. The van der Waals surface area contributed by atoms with Gasteiger partial charge >= 0.3 is 21.1 Å². The van der Waals surface area contributed by atoms with E-state index in [1.807, 2.05) is 12.4 Å². The van der Waals surface area contributed by atoms with E-state index in [1.54, 1.807) is 0 Å². The van der Waals surface area contributed by atoms with E-state index >= 15 is 0 Å². The maximum absolute atomic E-state index is 5.06. The van der Waals surface area contributed by atoms with Gasteiger partial charge in [-0.15, -0.1) is 47.5 Å². The SMILES string of the molecule is Cc1cnc(-c2[c-]c(N(c3[c-]c(-c4cc(-c5ccccc5)c(C)cn4)cc(-c4ccccc4)c3)c3ccccc3-c3ccccc3)cc(-c3ccccc3)c2)cc1-c1ccccc1.[Pt+2]. The summed E-state index contributed by atoms with van der Waals surface area (Å²) >= 11 is 0. The minimum Gasteiger partial charge on any atom is -0.346 e. The number of nitrogens with zero attached hydrogens (tertiary/aromatic N) is 3. The summed E-state index contributed by atoms with van der Waals surface area (Å²) in [5.41, 5.74) is 19.5. The predicted octanol–water partition coefficient (Wildman–Crippen LogP) is 15.8. The average Bonchev–Trinajstić information content (AvgIpc) is 3.36. The zero-order valence-corrected chi connectivity index (χ0v) is 37.8.